The predicted molar refractivity (Wildman–Crippen MR) is 124 cm³/mol. The van der Waals surface area contributed by atoms with Crippen LogP contribution in [0.5, 0.6) is 5.75 Å². The molecule has 4 aromatic rings. The summed E-state index contributed by atoms with van der Waals surface area (Å²) >= 11 is 0. The van der Waals surface area contributed by atoms with Crippen molar-refractivity contribution in [1.82, 2.24) is 4.83 Å². The molecule has 0 amide bonds. The first-order valence-electron chi connectivity index (χ1n) is 9.82. The van der Waals surface area contributed by atoms with Gasteiger partial charge in [-0.25, -0.2) is 4.83 Å². The van der Waals surface area contributed by atoms with Gasteiger partial charge in [0.05, 0.1) is 11.1 Å². The van der Waals surface area contributed by atoms with Crippen molar-refractivity contribution in [2.45, 2.75) is 18.4 Å². The summed E-state index contributed by atoms with van der Waals surface area (Å²) in [4.78, 5) is 2.41. The third-order valence-electron chi connectivity index (χ3n) is 4.87. The van der Waals surface area contributed by atoms with Crippen molar-refractivity contribution in [3.05, 3.63) is 108 Å². The molecule has 0 atom stereocenters. The summed E-state index contributed by atoms with van der Waals surface area (Å²) in [7, 11) is -3.69. The molecule has 0 spiro atoms. The van der Waals surface area contributed by atoms with Crippen LogP contribution in [0.4, 0.5) is 0 Å². The molecule has 0 fully saturated rings. The molecule has 156 valence electrons. The Balaban J connectivity index is 1.37. The van der Waals surface area contributed by atoms with Crippen LogP contribution in [0.15, 0.2) is 101 Å². The van der Waals surface area contributed by atoms with Crippen molar-refractivity contribution in [3.8, 4) is 5.75 Å². The Kier molecular flexibility index (Phi) is 6.00. The molecule has 4 aromatic carbocycles. The van der Waals surface area contributed by atoms with Gasteiger partial charge in [0.1, 0.15) is 12.4 Å². The molecule has 0 bridgehead atoms. The molecule has 0 heterocycles. The van der Waals surface area contributed by atoms with Crippen LogP contribution in [-0.4, -0.2) is 14.6 Å². The highest BCUT2D eigenvalue weighted by Crippen LogP contribution is 2.21. The summed E-state index contributed by atoms with van der Waals surface area (Å²) in [5, 5.41) is 6.22. The Morgan fingerprint density at radius 2 is 1.58 bits per heavy atom. The van der Waals surface area contributed by atoms with E-state index in [1.54, 1.807) is 24.3 Å². The van der Waals surface area contributed by atoms with E-state index in [9.17, 15) is 8.42 Å². The molecule has 0 aliphatic heterocycles. The molecule has 1 N–H and O–H groups in total. The van der Waals surface area contributed by atoms with E-state index in [2.05, 4.69) is 34.2 Å². The molecule has 0 radical (unpaired) electrons. The molecule has 6 heteroatoms. The fourth-order valence-corrected chi connectivity index (χ4v) is 3.96. The van der Waals surface area contributed by atoms with Gasteiger partial charge in [0, 0.05) is 0 Å². The van der Waals surface area contributed by atoms with Crippen LogP contribution in [0.25, 0.3) is 10.8 Å². The molecule has 0 aliphatic rings. The van der Waals surface area contributed by atoms with E-state index in [1.165, 1.54) is 17.0 Å². The minimum absolute atomic E-state index is 0.174. The fourth-order valence-electron chi connectivity index (χ4n) is 3.17. The molecule has 0 aromatic heterocycles. The molecule has 4 rings (SSSR count). The SMILES string of the molecule is Cc1ccc(S(=O)(=O)N/N=C\c2ccc(OCc3cccc4ccccc34)cc2)cc1. The van der Waals surface area contributed by atoms with Crippen LogP contribution in [0, 0.1) is 6.92 Å². The van der Waals surface area contributed by atoms with Gasteiger partial charge >= 0.3 is 0 Å². The summed E-state index contributed by atoms with van der Waals surface area (Å²) in [6.45, 7) is 2.36. The highest BCUT2D eigenvalue weighted by atomic mass is 32.2. The van der Waals surface area contributed by atoms with Crippen LogP contribution in [-0.2, 0) is 16.6 Å². The van der Waals surface area contributed by atoms with Gasteiger partial charge in [-0.15, -0.1) is 0 Å². The zero-order valence-electron chi connectivity index (χ0n) is 17.0. The van der Waals surface area contributed by atoms with Crippen molar-refractivity contribution in [2.24, 2.45) is 5.10 Å². The Labute approximate surface area is 182 Å². The minimum atomic E-state index is -3.69. The van der Waals surface area contributed by atoms with E-state index in [0.717, 1.165) is 22.4 Å². The van der Waals surface area contributed by atoms with Crippen LogP contribution in [0.2, 0.25) is 0 Å². The van der Waals surface area contributed by atoms with Crippen molar-refractivity contribution in [1.29, 1.82) is 0 Å². The van der Waals surface area contributed by atoms with E-state index < -0.39 is 10.0 Å². The number of rotatable bonds is 7. The number of hydrogen-bond donors (Lipinski definition) is 1. The Bertz CT molecular complexity index is 1310. The van der Waals surface area contributed by atoms with E-state index in [4.69, 9.17) is 4.74 Å². The number of hydrogen-bond acceptors (Lipinski definition) is 4. The first-order chi connectivity index (χ1) is 15.0. The lowest BCUT2D eigenvalue weighted by molar-refractivity contribution is 0.307. The topological polar surface area (TPSA) is 67.8 Å². The second kappa shape index (κ2) is 9.02. The number of nitrogens with one attached hydrogen (secondary N) is 1. The van der Waals surface area contributed by atoms with Crippen molar-refractivity contribution in [2.75, 3.05) is 0 Å². The number of aryl methyl sites for hydroxylation is 1. The Morgan fingerprint density at radius 1 is 0.871 bits per heavy atom. The monoisotopic (exact) mass is 430 g/mol. The van der Waals surface area contributed by atoms with Crippen LogP contribution < -0.4 is 9.57 Å². The number of benzene rings is 4. The molecule has 0 unspecified atom stereocenters. The number of nitrogens with zero attached hydrogens (tertiary/aromatic N) is 1. The van der Waals surface area contributed by atoms with Crippen LogP contribution in [0.3, 0.4) is 0 Å². The third-order valence-corrected chi connectivity index (χ3v) is 6.11. The predicted octanol–water partition coefficient (Wildman–Crippen LogP) is 5.04. The van der Waals surface area contributed by atoms with Gasteiger partial charge in [-0.05, 0) is 65.2 Å². The third kappa shape index (κ3) is 5.10. The first kappa shape index (κ1) is 20.6. The van der Waals surface area contributed by atoms with Gasteiger partial charge in [-0.2, -0.15) is 13.5 Å². The average Bonchev–Trinajstić information content (AvgIpc) is 2.79. The standard InChI is InChI=1S/C25H22N2O3S/c1-19-9-15-24(16-10-19)31(28,29)27-26-17-20-11-13-23(14-12-20)30-18-22-7-4-6-21-5-2-3-8-25(21)22/h2-17,27H,18H2,1H3/b26-17-. The van der Waals surface area contributed by atoms with Crippen molar-refractivity contribution >= 4 is 27.0 Å². The molecule has 0 saturated heterocycles. The lowest BCUT2D eigenvalue weighted by atomic mass is 10.1. The second-order valence-corrected chi connectivity index (χ2v) is 8.82. The molecule has 31 heavy (non-hydrogen) atoms. The summed E-state index contributed by atoms with van der Waals surface area (Å²) in [6, 6.07) is 28.3. The molecular weight excluding hydrogens is 408 g/mol. The lowest BCUT2D eigenvalue weighted by Gasteiger charge is -2.09. The highest BCUT2D eigenvalue weighted by molar-refractivity contribution is 7.89. The van der Waals surface area contributed by atoms with Crippen LogP contribution in [0.1, 0.15) is 16.7 Å². The maximum Gasteiger partial charge on any atom is 0.276 e. The summed E-state index contributed by atoms with van der Waals surface area (Å²) < 4.78 is 30.4. The number of hydrazone groups is 1. The molecular formula is C25H22N2O3S. The first-order valence-corrected chi connectivity index (χ1v) is 11.3. The zero-order chi connectivity index (χ0) is 21.7. The normalized spacial score (nSPS) is 11.6. The summed E-state index contributed by atoms with van der Waals surface area (Å²) in [5.41, 5.74) is 2.86. The lowest BCUT2D eigenvalue weighted by Crippen LogP contribution is -2.18. The zero-order valence-corrected chi connectivity index (χ0v) is 17.8. The van der Waals surface area contributed by atoms with Crippen molar-refractivity contribution < 1.29 is 13.2 Å². The molecule has 0 saturated carbocycles. The largest absolute Gasteiger partial charge is 0.489 e. The smallest absolute Gasteiger partial charge is 0.276 e. The van der Waals surface area contributed by atoms with E-state index in [1.807, 2.05) is 49.4 Å². The van der Waals surface area contributed by atoms with Gasteiger partial charge in [0.15, 0.2) is 0 Å². The second-order valence-electron chi connectivity index (χ2n) is 7.16. The number of sulfonamides is 1. The van der Waals surface area contributed by atoms with Crippen molar-refractivity contribution in [3.63, 3.8) is 0 Å². The Hall–Kier alpha value is -3.64. The van der Waals surface area contributed by atoms with E-state index >= 15 is 0 Å². The number of ether oxygens (including phenoxy) is 1. The van der Waals surface area contributed by atoms with E-state index in [0.29, 0.717) is 6.61 Å². The summed E-state index contributed by atoms with van der Waals surface area (Å²) in [6.07, 6.45) is 1.46. The molecule has 5 nitrogen and oxygen atoms in total. The number of fused-ring (bicyclic) bond motifs is 1. The maximum absolute atomic E-state index is 12.3. The minimum Gasteiger partial charge on any atom is -0.489 e. The Morgan fingerprint density at radius 3 is 2.35 bits per heavy atom. The average molecular weight is 431 g/mol. The maximum atomic E-state index is 12.3. The van der Waals surface area contributed by atoms with Gasteiger partial charge < -0.3 is 4.74 Å². The quantitative estimate of drug-likeness (QED) is 0.330. The van der Waals surface area contributed by atoms with Gasteiger partial charge in [0.2, 0.25) is 0 Å². The fraction of sp³-hybridized carbons (Fsp3) is 0.0800. The van der Waals surface area contributed by atoms with Gasteiger partial charge in [0.25, 0.3) is 10.0 Å². The van der Waals surface area contributed by atoms with Gasteiger partial charge in [-0.1, -0.05) is 60.2 Å². The van der Waals surface area contributed by atoms with Crippen LogP contribution >= 0.6 is 0 Å². The van der Waals surface area contributed by atoms with E-state index in [-0.39, 0.29) is 4.90 Å². The molecule has 0 aliphatic carbocycles. The highest BCUT2D eigenvalue weighted by Gasteiger charge is 2.11. The summed E-state index contributed by atoms with van der Waals surface area (Å²) in [5.74, 6) is 0.727. The van der Waals surface area contributed by atoms with Gasteiger partial charge in [-0.3, -0.25) is 0 Å².